The van der Waals surface area contributed by atoms with Crippen LogP contribution in [0, 0.1) is 0 Å². The van der Waals surface area contributed by atoms with Gasteiger partial charge in [0.05, 0.1) is 22.1 Å². The highest BCUT2D eigenvalue weighted by molar-refractivity contribution is 6.12. The van der Waals surface area contributed by atoms with Crippen LogP contribution in [0.2, 0.25) is 0 Å². The molecule has 11 aromatic carbocycles. The quantitative estimate of drug-likeness (QED) is 0.166. The van der Waals surface area contributed by atoms with E-state index < -0.39 is 0 Å². The number of rotatable bonds is 4. The highest BCUT2D eigenvalue weighted by Gasteiger charge is 2.50. The first-order valence-electron chi connectivity index (χ1n) is 31.1. The number of fused-ring (bicyclic) bond motifs is 22. The molecule has 84 heavy (non-hydrogen) atoms. The maximum absolute atomic E-state index is 2.72. The monoisotopic (exact) mass is 1080 g/mol. The summed E-state index contributed by atoms with van der Waals surface area (Å²) in [6, 6.07) is 85.5. The number of benzene rings is 11. The molecule has 2 fully saturated rings. The number of hydrogen-bond donors (Lipinski definition) is 0. The van der Waals surface area contributed by atoms with Gasteiger partial charge in [-0.25, -0.2) is 0 Å². The van der Waals surface area contributed by atoms with Crippen LogP contribution in [0.5, 0.6) is 0 Å². The Bertz CT molecular complexity index is 4770. The zero-order valence-corrected chi connectivity index (χ0v) is 48.3. The summed E-state index contributed by atoms with van der Waals surface area (Å²) >= 11 is 0. The van der Waals surface area contributed by atoms with Crippen molar-refractivity contribution in [2.24, 2.45) is 0 Å². The van der Waals surface area contributed by atoms with Gasteiger partial charge < -0.3 is 9.13 Å². The van der Waals surface area contributed by atoms with Crippen LogP contribution < -0.4 is 0 Å². The smallest absolute Gasteiger partial charge is 0.0541 e. The Morgan fingerprint density at radius 1 is 0.250 bits per heavy atom. The molecule has 2 nitrogen and oxygen atoms in total. The SMILES string of the molecule is CC1(C)c2ccccc2-c2ccc(-n3c4ccccc4c4cc(-c5ccc6c(c5)C5(CCCC5)c5cc7c(cc5-6)C5(CCCC5)c5cc(-c6ccc8c(c6)c6ccccc6n8-c6ccc8c(c6)C(C)(C)c6ccccc6-8)ccc5-7)ccc43)cc21. The maximum atomic E-state index is 2.72. The van der Waals surface area contributed by atoms with E-state index in [2.05, 4.69) is 255 Å². The van der Waals surface area contributed by atoms with Crippen molar-refractivity contribution in [1.82, 2.24) is 9.13 Å². The van der Waals surface area contributed by atoms with Crippen molar-refractivity contribution in [3.8, 4) is 78.1 Å². The third kappa shape index (κ3) is 6.01. The van der Waals surface area contributed by atoms with Gasteiger partial charge in [0.15, 0.2) is 0 Å². The summed E-state index contributed by atoms with van der Waals surface area (Å²) in [4.78, 5) is 0. The van der Waals surface area contributed by atoms with Gasteiger partial charge in [0, 0.05) is 54.6 Å². The molecule has 0 amide bonds. The molecule has 0 saturated heterocycles. The van der Waals surface area contributed by atoms with Crippen LogP contribution in [-0.4, -0.2) is 9.13 Å². The Hall–Kier alpha value is -8.98. The van der Waals surface area contributed by atoms with Crippen molar-refractivity contribution in [3.63, 3.8) is 0 Å². The Morgan fingerprint density at radius 2 is 0.583 bits per heavy atom. The van der Waals surface area contributed by atoms with Crippen LogP contribution in [0.3, 0.4) is 0 Å². The van der Waals surface area contributed by atoms with Gasteiger partial charge >= 0.3 is 0 Å². The predicted octanol–water partition coefficient (Wildman–Crippen LogP) is 21.5. The number of nitrogens with zero attached hydrogens (tertiary/aromatic N) is 2. The lowest BCUT2D eigenvalue weighted by Gasteiger charge is -2.29. The maximum Gasteiger partial charge on any atom is 0.0541 e. The Morgan fingerprint density at radius 3 is 1.04 bits per heavy atom. The lowest BCUT2D eigenvalue weighted by molar-refractivity contribution is 0.544. The van der Waals surface area contributed by atoms with Crippen molar-refractivity contribution in [1.29, 1.82) is 0 Å². The van der Waals surface area contributed by atoms with E-state index in [-0.39, 0.29) is 21.7 Å². The van der Waals surface area contributed by atoms with Gasteiger partial charge in [0.2, 0.25) is 0 Å². The summed E-state index contributed by atoms with van der Waals surface area (Å²) in [7, 11) is 0. The second kappa shape index (κ2) is 16.4. The summed E-state index contributed by atoms with van der Waals surface area (Å²) in [5, 5.41) is 5.21. The first kappa shape index (κ1) is 47.5. The van der Waals surface area contributed by atoms with Crippen molar-refractivity contribution >= 4 is 43.6 Å². The topological polar surface area (TPSA) is 9.86 Å². The minimum atomic E-state index is -0.0648. The van der Waals surface area contributed by atoms with E-state index in [0.29, 0.717) is 0 Å². The van der Waals surface area contributed by atoms with Gasteiger partial charge in [-0.1, -0.05) is 187 Å². The van der Waals surface area contributed by atoms with Crippen molar-refractivity contribution in [2.45, 2.75) is 101 Å². The van der Waals surface area contributed by atoms with Gasteiger partial charge in [0.25, 0.3) is 0 Å². The van der Waals surface area contributed by atoms with E-state index in [0.717, 1.165) is 0 Å². The van der Waals surface area contributed by atoms with Gasteiger partial charge in [-0.2, -0.15) is 0 Å². The van der Waals surface area contributed by atoms with Crippen molar-refractivity contribution in [2.75, 3.05) is 0 Å². The van der Waals surface area contributed by atoms with Crippen molar-refractivity contribution in [3.05, 3.63) is 263 Å². The molecule has 13 aromatic rings. The van der Waals surface area contributed by atoms with Crippen LogP contribution >= 0.6 is 0 Å². The molecule has 0 bridgehead atoms. The molecule has 2 heterocycles. The van der Waals surface area contributed by atoms with Gasteiger partial charge in [-0.15, -0.1) is 0 Å². The molecule has 19 rings (SSSR count). The number of para-hydroxylation sites is 2. The molecule has 0 unspecified atom stereocenters. The third-order valence-corrected chi connectivity index (χ3v) is 22.4. The van der Waals surface area contributed by atoms with E-state index in [4.69, 9.17) is 0 Å². The minimum Gasteiger partial charge on any atom is -0.309 e. The fourth-order valence-electron chi connectivity index (χ4n) is 18.4. The van der Waals surface area contributed by atoms with E-state index in [1.54, 1.807) is 22.3 Å². The second-order valence-electron chi connectivity index (χ2n) is 27.0. The van der Waals surface area contributed by atoms with Gasteiger partial charge in [-0.3, -0.25) is 0 Å². The molecular weight excluding hydrogens is 1010 g/mol. The predicted molar refractivity (Wildman–Crippen MR) is 350 cm³/mol. The first-order chi connectivity index (χ1) is 41.1. The zero-order chi connectivity index (χ0) is 55.6. The molecule has 6 aliphatic rings. The highest BCUT2D eigenvalue weighted by Crippen LogP contribution is 2.64. The van der Waals surface area contributed by atoms with Crippen LogP contribution in [-0.2, 0) is 21.7 Å². The summed E-state index contributed by atoms with van der Waals surface area (Å²) in [6.45, 7) is 9.53. The number of aromatic nitrogens is 2. The average molecular weight is 1080 g/mol. The fourth-order valence-corrected chi connectivity index (χ4v) is 18.4. The van der Waals surface area contributed by atoms with Gasteiger partial charge in [-0.05, 0) is 222 Å². The summed E-state index contributed by atoms with van der Waals surface area (Å²) in [5.41, 5.74) is 35.9. The molecule has 2 spiro atoms. The second-order valence-corrected chi connectivity index (χ2v) is 27.0. The summed E-state index contributed by atoms with van der Waals surface area (Å²) in [5.74, 6) is 0. The van der Waals surface area contributed by atoms with E-state index in [9.17, 15) is 0 Å². The Kier molecular flexibility index (Phi) is 9.29. The highest BCUT2D eigenvalue weighted by atomic mass is 15.0. The molecular formula is C82H64N2. The molecule has 2 aromatic heterocycles. The fraction of sp³-hybridized carbons (Fsp3) is 0.195. The Balaban J connectivity index is 0.693. The summed E-state index contributed by atoms with van der Waals surface area (Å²) < 4.78 is 5.01. The molecule has 402 valence electrons. The average Bonchev–Trinajstić information content (AvgIpc) is 1.74. The minimum absolute atomic E-state index is 0.0258. The molecule has 6 aliphatic carbocycles. The molecule has 0 atom stereocenters. The normalized spacial score (nSPS) is 17.3. The molecule has 0 radical (unpaired) electrons. The Labute approximate surface area is 491 Å². The van der Waals surface area contributed by atoms with E-state index >= 15 is 0 Å². The van der Waals surface area contributed by atoms with Crippen LogP contribution in [0.25, 0.3) is 122 Å². The zero-order valence-electron chi connectivity index (χ0n) is 48.3. The van der Waals surface area contributed by atoms with Crippen molar-refractivity contribution < 1.29 is 0 Å². The lowest BCUT2D eigenvalue weighted by atomic mass is 9.74. The van der Waals surface area contributed by atoms with E-state index in [1.807, 2.05) is 0 Å². The number of hydrogen-bond acceptors (Lipinski definition) is 0. The summed E-state index contributed by atoms with van der Waals surface area (Å²) in [6.07, 6.45) is 9.90. The largest absolute Gasteiger partial charge is 0.309 e. The van der Waals surface area contributed by atoms with Crippen LogP contribution in [0.4, 0.5) is 0 Å². The van der Waals surface area contributed by atoms with Gasteiger partial charge in [0.1, 0.15) is 0 Å². The molecule has 0 N–H and O–H groups in total. The lowest BCUT2D eigenvalue weighted by Crippen LogP contribution is -2.22. The van der Waals surface area contributed by atoms with E-state index in [1.165, 1.54) is 195 Å². The van der Waals surface area contributed by atoms with Crippen LogP contribution in [0.1, 0.15) is 124 Å². The molecule has 2 heteroatoms. The molecule has 0 aliphatic heterocycles. The molecule has 2 saturated carbocycles. The third-order valence-electron chi connectivity index (χ3n) is 22.4. The van der Waals surface area contributed by atoms with Crippen LogP contribution in [0.15, 0.2) is 218 Å². The first-order valence-corrected chi connectivity index (χ1v) is 31.1. The standard InChI is InChI=1S/C82H64N2/c1-79(2)67-21-9-5-17-55(67)57-33-29-53(45-69(57)79)83-75-23-11-7-19-61(75)65-41-49(27-35-77(65)83)51-25-31-59-63-47-74-64(48-73(63)81(71(59)43-51)37-13-14-38-81)60-32-26-52(44-72(60)82(74)39-15-16-40-82)50-28-36-78-66(42-50)62-20-8-12-24-76(62)84(78)54-30-34-58-56-18-6-10-22-68(56)80(3,4)70(58)46-54/h5-12,17-36,41-48H,13-16,37-40H2,1-4H3.